The van der Waals surface area contributed by atoms with E-state index >= 15 is 0 Å². The van der Waals surface area contributed by atoms with Gasteiger partial charge in [-0.2, -0.15) is 0 Å². The summed E-state index contributed by atoms with van der Waals surface area (Å²) in [5, 5.41) is 3.06. The zero-order valence-corrected chi connectivity index (χ0v) is 13.9. The fourth-order valence-electron chi connectivity index (χ4n) is 3.73. The minimum atomic E-state index is -0.114. The van der Waals surface area contributed by atoms with Gasteiger partial charge in [-0.1, -0.05) is 18.2 Å². The second-order valence-electron chi connectivity index (χ2n) is 6.73. The van der Waals surface area contributed by atoms with Crippen LogP contribution in [0.2, 0.25) is 0 Å². The number of rotatable bonds is 2. The average molecular weight is 315 g/mol. The number of hydrogen-bond acceptors (Lipinski definition) is 2. The van der Waals surface area contributed by atoms with Crippen LogP contribution < -0.4 is 10.2 Å². The van der Waals surface area contributed by atoms with E-state index < -0.39 is 0 Å². The van der Waals surface area contributed by atoms with E-state index in [0.717, 1.165) is 18.5 Å². The van der Waals surface area contributed by atoms with Crippen LogP contribution in [0.1, 0.15) is 39.5 Å². The molecule has 3 atom stereocenters. The van der Waals surface area contributed by atoms with Crippen molar-refractivity contribution in [2.75, 3.05) is 11.4 Å². The lowest BCUT2D eigenvalue weighted by Crippen LogP contribution is -2.54. The van der Waals surface area contributed by atoms with Gasteiger partial charge in [0.15, 0.2) is 0 Å². The number of para-hydroxylation sites is 1. The van der Waals surface area contributed by atoms with E-state index in [1.54, 1.807) is 4.90 Å². The van der Waals surface area contributed by atoms with Gasteiger partial charge in [-0.05, 0) is 45.2 Å². The molecule has 3 amide bonds. The van der Waals surface area contributed by atoms with E-state index in [9.17, 15) is 9.59 Å². The molecular weight excluding hydrogens is 290 g/mol. The molecule has 2 aliphatic rings. The van der Waals surface area contributed by atoms with Gasteiger partial charge in [0.25, 0.3) is 0 Å². The highest BCUT2D eigenvalue weighted by atomic mass is 16.2. The number of benzene rings is 1. The number of carbonyl (C=O) groups is 2. The Labute approximate surface area is 137 Å². The second kappa shape index (κ2) is 6.60. The third kappa shape index (κ3) is 3.33. The van der Waals surface area contributed by atoms with Crippen molar-refractivity contribution in [1.29, 1.82) is 0 Å². The molecule has 23 heavy (non-hydrogen) atoms. The number of amides is 3. The molecule has 0 aliphatic carbocycles. The highest BCUT2D eigenvalue weighted by Crippen LogP contribution is 2.24. The summed E-state index contributed by atoms with van der Waals surface area (Å²) in [6.07, 6.45) is 3.65. The molecular formula is C18H25N3O2. The van der Waals surface area contributed by atoms with Crippen molar-refractivity contribution in [2.45, 2.75) is 57.7 Å². The molecule has 2 fully saturated rings. The molecule has 2 aliphatic heterocycles. The van der Waals surface area contributed by atoms with Crippen molar-refractivity contribution in [3.63, 3.8) is 0 Å². The van der Waals surface area contributed by atoms with Gasteiger partial charge in [0.1, 0.15) is 0 Å². The minimum absolute atomic E-state index is 0.0302. The van der Waals surface area contributed by atoms with Crippen molar-refractivity contribution in [1.82, 2.24) is 10.2 Å². The molecule has 1 aromatic carbocycles. The van der Waals surface area contributed by atoms with Gasteiger partial charge < -0.3 is 15.1 Å². The van der Waals surface area contributed by atoms with Crippen LogP contribution in [0.5, 0.6) is 0 Å². The summed E-state index contributed by atoms with van der Waals surface area (Å²) in [6, 6.07) is 10.0. The van der Waals surface area contributed by atoms with E-state index in [1.807, 2.05) is 35.2 Å². The van der Waals surface area contributed by atoms with Gasteiger partial charge in [-0.15, -0.1) is 0 Å². The van der Waals surface area contributed by atoms with Gasteiger partial charge in [-0.25, -0.2) is 4.79 Å². The number of carbonyl (C=O) groups excluding carboxylic acids is 2. The number of likely N-dealkylation sites (tertiary alicyclic amines) is 1. The standard InChI is InChI=1S/C18H25N3O2/c1-13-7-6-8-14(2)21(13)18(23)19-15-11-17(22)20(12-15)16-9-4-3-5-10-16/h3-5,9-10,13-15H,6-8,11-12H2,1-2H3,(H,19,23). The lowest BCUT2D eigenvalue weighted by atomic mass is 9.98. The molecule has 5 heteroatoms. The number of nitrogens with one attached hydrogen (secondary N) is 1. The number of piperidine rings is 1. The summed E-state index contributed by atoms with van der Waals surface area (Å²) in [6.45, 7) is 4.75. The average Bonchev–Trinajstić information content (AvgIpc) is 2.88. The maximum Gasteiger partial charge on any atom is 0.318 e. The third-order valence-corrected chi connectivity index (χ3v) is 4.95. The zero-order valence-electron chi connectivity index (χ0n) is 13.9. The van der Waals surface area contributed by atoms with Crippen LogP contribution in [0.3, 0.4) is 0 Å². The van der Waals surface area contributed by atoms with E-state index in [0.29, 0.717) is 13.0 Å². The van der Waals surface area contributed by atoms with Crippen LogP contribution in [-0.2, 0) is 4.79 Å². The Balaban J connectivity index is 1.63. The molecule has 0 radical (unpaired) electrons. The molecule has 124 valence electrons. The Kier molecular flexibility index (Phi) is 4.55. The van der Waals surface area contributed by atoms with E-state index in [2.05, 4.69) is 19.2 Å². The Hall–Kier alpha value is -2.04. The van der Waals surface area contributed by atoms with Gasteiger partial charge >= 0.3 is 6.03 Å². The first kappa shape index (κ1) is 15.8. The Bertz CT molecular complexity index is 565. The van der Waals surface area contributed by atoms with Gasteiger partial charge in [-0.3, -0.25) is 4.79 Å². The summed E-state index contributed by atoms with van der Waals surface area (Å²) >= 11 is 0. The summed E-state index contributed by atoms with van der Waals surface area (Å²) in [5.41, 5.74) is 0.897. The number of hydrogen-bond donors (Lipinski definition) is 1. The molecule has 5 nitrogen and oxygen atoms in total. The molecule has 0 saturated carbocycles. The molecule has 1 N–H and O–H groups in total. The zero-order chi connectivity index (χ0) is 16.4. The maximum absolute atomic E-state index is 12.6. The highest BCUT2D eigenvalue weighted by Gasteiger charge is 2.35. The number of nitrogens with zero attached hydrogens (tertiary/aromatic N) is 2. The van der Waals surface area contributed by atoms with Gasteiger partial charge in [0.05, 0.1) is 6.04 Å². The normalized spacial score (nSPS) is 28.1. The summed E-state index contributed by atoms with van der Waals surface area (Å²) < 4.78 is 0. The highest BCUT2D eigenvalue weighted by molar-refractivity contribution is 5.96. The maximum atomic E-state index is 12.6. The fourth-order valence-corrected chi connectivity index (χ4v) is 3.73. The van der Waals surface area contributed by atoms with Crippen molar-refractivity contribution < 1.29 is 9.59 Å². The Morgan fingerprint density at radius 1 is 1.13 bits per heavy atom. The van der Waals surface area contributed by atoms with E-state index in [-0.39, 0.29) is 30.1 Å². The van der Waals surface area contributed by atoms with Crippen molar-refractivity contribution in [3.05, 3.63) is 30.3 Å². The van der Waals surface area contributed by atoms with Crippen LogP contribution in [0.15, 0.2) is 30.3 Å². The molecule has 3 unspecified atom stereocenters. The monoisotopic (exact) mass is 315 g/mol. The smallest absolute Gasteiger partial charge is 0.318 e. The predicted molar refractivity (Wildman–Crippen MR) is 90.3 cm³/mol. The molecule has 2 heterocycles. The van der Waals surface area contributed by atoms with Crippen molar-refractivity contribution >= 4 is 17.6 Å². The predicted octanol–water partition coefficient (Wildman–Crippen LogP) is 2.76. The second-order valence-corrected chi connectivity index (χ2v) is 6.73. The number of anilines is 1. The lowest BCUT2D eigenvalue weighted by molar-refractivity contribution is -0.117. The molecule has 1 aromatic rings. The minimum Gasteiger partial charge on any atom is -0.333 e. The first-order chi connectivity index (χ1) is 11.1. The summed E-state index contributed by atoms with van der Waals surface area (Å²) in [5.74, 6) is 0.0706. The van der Waals surface area contributed by atoms with E-state index in [4.69, 9.17) is 0 Å². The number of urea groups is 1. The van der Waals surface area contributed by atoms with Crippen LogP contribution in [0.4, 0.5) is 10.5 Å². The Morgan fingerprint density at radius 2 is 1.78 bits per heavy atom. The molecule has 2 saturated heterocycles. The van der Waals surface area contributed by atoms with Gasteiger partial charge in [0.2, 0.25) is 5.91 Å². The summed E-state index contributed by atoms with van der Waals surface area (Å²) in [4.78, 5) is 28.5. The Morgan fingerprint density at radius 3 is 2.43 bits per heavy atom. The fraction of sp³-hybridized carbons (Fsp3) is 0.556. The van der Waals surface area contributed by atoms with E-state index in [1.165, 1.54) is 6.42 Å². The molecule has 0 bridgehead atoms. The quantitative estimate of drug-likeness (QED) is 0.912. The molecule has 3 rings (SSSR count). The lowest BCUT2D eigenvalue weighted by Gasteiger charge is -2.39. The third-order valence-electron chi connectivity index (χ3n) is 4.95. The van der Waals surface area contributed by atoms with Crippen LogP contribution in [0.25, 0.3) is 0 Å². The van der Waals surface area contributed by atoms with Crippen molar-refractivity contribution in [2.24, 2.45) is 0 Å². The molecule has 0 spiro atoms. The molecule has 0 aromatic heterocycles. The van der Waals surface area contributed by atoms with Crippen LogP contribution in [0, 0.1) is 0 Å². The SMILES string of the molecule is CC1CCCC(C)N1C(=O)NC1CC(=O)N(c2ccccc2)C1. The van der Waals surface area contributed by atoms with Crippen LogP contribution >= 0.6 is 0 Å². The van der Waals surface area contributed by atoms with Crippen LogP contribution in [-0.4, -0.2) is 41.5 Å². The first-order valence-corrected chi connectivity index (χ1v) is 8.50. The van der Waals surface area contributed by atoms with Gasteiger partial charge in [0, 0.05) is 30.7 Å². The summed E-state index contributed by atoms with van der Waals surface area (Å²) in [7, 11) is 0. The topological polar surface area (TPSA) is 52.7 Å². The van der Waals surface area contributed by atoms with Crippen molar-refractivity contribution in [3.8, 4) is 0 Å². The largest absolute Gasteiger partial charge is 0.333 e. The first-order valence-electron chi connectivity index (χ1n) is 8.50.